The molecule has 3 rings (SSSR count). The van der Waals surface area contributed by atoms with E-state index in [1.54, 1.807) is 25.3 Å². The lowest BCUT2D eigenvalue weighted by molar-refractivity contribution is -0.121. The lowest BCUT2D eigenvalue weighted by atomic mass is 9.96. The fourth-order valence-electron chi connectivity index (χ4n) is 2.37. The smallest absolute Gasteiger partial charge is 0.244 e. The van der Waals surface area contributed by atoms with Gasteiger partial charge in [0.1, 0.15) is 0 Å². The van der Waals surface area contributed by atoms with Crippen molar-refractivity contribution >= 4 is 34.1 Å². The predicted molar refractivity (Wildman–Crippen MR) is 80.7 cm³/mol. The first-order valence-electron chi connectivity index (χ1n) is 6.63. The molecule has 1 heterocycles. The topological polar surface area (TPSA) is 68.0 Å². The van der Waals surface area contributed by atoms with Crippen LogP contribution >= 0.6 is 11.6 Å². The molecule has 1 amide bonds. The molecule has 0 saturated heterocycles. The number of nitrogens with two attached hydrogens (primary N) is 1. The van der Waals surface area contributed by atoms with Gasteiger partial charge in [-0.1, -0.05) is 11.6 Å². The summed E-state index contributed by atoms with van der Waals surface area (Å²) >= 11 is 6.12. The zero-order valence-corrected chi connectivity index (χ0v) is 11.9. The third-order valence-corrected chi connectivity index (χ3v) is 4.19. The van der Waals surface area contributed by atoms with Crippen molar-refractivity contribution in [3.63, 3.8) is 0 Å². The second-order valence-electron chi connectivity index (χ2n) is 5.51. The highest BCUT2D eigenvalue weighted by molar-refractivity contribution is 6.35. The molecule has 1 aliphatic carbocycles. The number of anilines is 1. The van der Waals surface area contributed by atoms with Crippen molar-refractivity contribution in [1.29, 1.82) is 0 Å². The van der Waals surface area contributed by atoms with Gasteiger partial charge in [-0.25, -0.2) is 0 Å². The molecule has 1 aromatic heterocycles. The summed E-state index contributed by atoms with van der Waals surface area (Å²) in [5, 5.41) is 4.30. The third kappa shape index (κ3) is 2.25. The van der Waals surface area contributed by atoms with Gasteiger partial charge in [0.15, 0.2) is 0 Å². The molecule has 5 heteroatoms. The second kappa shape index (κ2) is 4.72. The van der Waals surface area contributed by atoms with Gasteiger partial charge < -0.3 is 11.1 Å². The number of halogens is 1. The molecule has 4 nitrogen and oxygen atoms in total. The van der Waals surface area contributed by atoms with Gasteiger partial charge in [-0.2, -0.15) is 0 Å². The fourth-order valence-corrected chi connectivity index (χ4v) is 2.59. The van der Waals surface area contributed by atoms with Crippen LogP contribution in [0.25, 0.3) is 10.9 Å². The molecular formula is C15H16ClN3O. The molecule has 1 saturated carbocycles. The lowest BCUT2D eigenvalue weighted by Gasteiger charge is -2.23. The van der Waals surface area contributed by atoms with Gasteiger partial charge in [-0.05, 0) is 49.9 Å². The Kier molecular flexibility index (Phi) is 3.15. The maximum absolute atomic E-state index is 12.4. The van der Waals surface area contributed by atoms with Crippen molar-refractivity contribution < 1.29 is 4.79 Å². The summed E-state index contributed by atoms with van der Waals surface area (Å²) in [5.74, 6) is 0.117. The van der Waals surface area contributed by atoms with Crippen molar-refractivity contribution in [2.45, 2.75) is 25.3 Å². The number of aromatic nitrogens is 1. The molecule has 2 aromatic rings. The number of nitrogens with one attached hydrogen (secondary N) is 1. The largest absolute Gasteiger partial charge is 0.324 e. The molecule has 0 radical (unpaired) electrons. The van der Waals surface area contributed by atoms with Crippen LogP contribution in [-0.4, -0.2) is 16.4 Å². The Balaban J connectivity index is 1.95. The summed E-state index contributed by atoms with van der Waals surface area (Å²) in [6.07, 6.45) is 3.71. The van der Waals surface area contributed by atoms with Crippen molar-refractivity contribution in [2.75, 3.05) is 5.32 Å². The minimum absolute atomic E-state index is 0.160. The second-order valence-corrected chi connectivity index (χ2v) is 5.91. The Labute approximate surface area is 122 Å². The predicted octanol–water partition coefficient (Wildman–Crippen LogP) is 2.95. The van der Waals surface area contributed by atoms with Crippen LogP contribution in [0, 0.1) is 5.92 Å². The fraction of sp³-hybridized carbons (Fsp3) is 0.333. The van der Waals surface area contributed by atoms with Crippen LogP contribution in [0.4, 0.5) is 5.69 Å². The number of nitrogens with zero attached hydrogens (tertiary/aromatic N) is 1. The normalized spacial score (nSPS) is 17.8. The maximum Gasteiger partial charge on any atom is 0.244 e. The Bertz CT molecular complexity index is 680. The molecule has 1 aliphatic rings. The quantitative estimate of drug-likeness (QED) is 0.913. The average molecular weight is 290 g/mol. The number of hydrogen-bond acceptors (Lipinski definition) is 3. The number of pyridine rings is 1. The highest BCUT2D eigenvalue weighted by atomic mass is 35.5. The van der Waals surface area contributed by atoms with E-state index in [0.717, 1.165) is 18.2 Å². The molecule has 0 spiro atoms. The number of hydrogen-bond donors (Lipinski definition) is 2. The van der Waals surface area contributed by atoms with Gasteiger partial charge in [-0.3, -0.25) is 9.78 Å². The maximum atomic E-state index is 12.4. The molecule has 0 aliphatic heterocycles. The van der Waals surface area contributed by atoms with Gasteiger partial charge >= 0.3 is 0 Å². The van der Waals surface area contributed by atoms with Crippen LogP contribution in [0.5, 0.6) is 0 Å². The van der Waals surface area contributed by atoms with Gasteiger partial charge in [0.2, 0.25) is 5.91 Å². The summed E-state index contributed by atoms with van der Waals surface area (Å²) in [4.78, 5) is 16.6. The van der Waals surface area contributed by atoms with Crippen LogP contribution in [0.2, 0.25) is 5.02 Å². The minimum atomic E-state index is -0.825. The van der Waals surface area contributed by atoms with E-state index in [-0.39, 0.29) is 11.8 Å². The molecule has 20 heavy (non-hydrogen) atoms. The molecule has 3 N–H and O–H groups in total. The minimum Gasteiger partial charge on any atom is -0.324 e. The summed E-state index contributed by atoms with van der Waals surface area (Å²) in [6, 6.07) is 7.22. The number of benzene rings is 1. The molecule has 1 fully saturated rings. The lowest BCUT2D eigenvalue weighted by Crippen LogP contribution is -2.50. The van der Waals surface area contributed by atoms with Gasteiger partial charge in [0.05, 0.1) is 21.8 Å². The molecule has 1 unspecified atom stereocenters. The zero-order chi connectivity index (χ0) is 14.3. The van der Waals surface area contributed by atoms with Crippen LogP contribution in [0.1, 0.15) is 19.8 Å². The van der Waals surface area contributed by atoms with Crippen molar-refractivity contribution in [3.8, 4) is 0 Å². The summed E-state index contributed by atoms with van der Waals surface area (Å²) in [5.41, 5.74) is 6.68. The number of carbonyl (C=O) groups is 1. The first-order chi connectivity index (χ1) is 9.50. The zero-order valence-electron chi connectivity index (χ0n) is 11.2. The van der Waals surface area contributed by atoms with Gasteiger partial charge in [-0.15, -0.1) is 0 Å². The highest BCUT2D eigenvalue weighted by Gasteiger charge is 2.44. The van der Waals surface area contributed by atoms with E-state index in [0.29, 0.717) is 16.2 Å². The number of fused-ring (bicyclic) bond motifs is 1. The van der Waals surface area contributed by atoms with Crippen LogP contribution in [0.15, 0.2) is 30.5 Å². The number of amides is 1. The van der Waals surface area contributed by atoms with E-state index in [1.807, 2.05) is 12.1 Å². The Hall–Kier alpha value is -1.65. The van der Waals surface area contributed by atoms with Crippen molar-refractivity contribution in [3.05, 3.63) is 35.5 Å². The monoisotopic (exact) mass is 289 g/mol. The first-order valence-corrected chi connectivity index (χ1v) is 7.01. The number of rotatable bonds is 3. The molecule has 1 aromatic carbocycles. The average Bonchev–Trinajstić information content (AvgIpc) is 3.27. The molecule has 104 valence electrons. The third-order valence-electron chi connectivity index (χ3n) is 3.88. The van der Waals surface area contributed by atoms with Crippen molar-refractivity contribution in [1.82, 2.24) is 4.98 Å². The standard InChI is InChI=1S/C15H16ClN3O/c1-15(17,9-4-5-9)14(20)19-12-7-6-11(16)13-10(12)3-2-8-18-13/h2-3,6-9H,4-5,17H2,1H3,(H,19,20). The Morgan fingerprint density at radius 2 is 2.20 bits per heavy atom. The van der Waals surface area contributed by atoms with E-state index < -0.39 is 5.54 Å². The molecule has 1 atom stereocenters. The van der Waals surface area contributed by atoms with E-state index >= 15 is 0 Å². The Morgan fingerprint density at radius 1 is 1.45 bits per heavy atom. The van der Waals surface area contributed by atoms with E-state index in [2.05, 4.69) is 10.3 Å². The SMILES string of the molecule is CC(N)(C(=O)Nc1ccc(Cl)c2ncccc12)C1CC1. The van der Waals surface area contributed by atoms with Gasteiger partial charge in [0, 0.05) is 11.6 Å². The molecular weight excluding hydrogens is 274 g/mol. The Morgan fingerprint density at radius 3 is 2.90 bits per heavy atom. The van der Waals surface area contributed by atoms with Crippen molar-refractivity contribution in [2.24, 2.45) is 11.7 Å². The summed E-state index contributed by atoms with van der Waals surface area (Å²) < 4.78 is 0. The van der Waals surface area contributed by atoms with Crippen LogP contribution in [0.3, 0.4) is 0 Å². The number of carbonyl (C=O) groups excluding carboxylic acids is 1. The van der Waals surface area contributed by atoms with Crippen LogP contribution < -0.4 is 11.1 Å². The highest BCUT2D eigenvalue weighted by Crippen LogP contribution is 2.39. The molecule has 0 bridgehead atoms. The summed E-state index contributed by atoms with van der Waals surface area (Å²) in [6.45, 7) is 1.79. The van der Waals surface area contributed by atoms with E-state index in [1.165, 1.54) is 0 Å². The first kappa shape index (κ1) is 13.3. The van der Waals surface area contributed by atoms with E-state index in [9.17, 15) is 4.79 Å². The van der Waals surface area contributed by atoms with Crippen LogP contribution in [-0.2, 0) is 4.79 Å². The summed E-state index contributed by atoms with van der Waals surface area (Å²) in [7, 11) is 0. The van der Waals surface area contributed by atoms with Gasteiger partial charge in [0.25, 0.3) is 0 Å². The van der Waals surface area contributed by atoms with E-state index in [4.69, 9.17) is 17.3 Å².